The molecule has 0 saturated carbocycles. The van der Waals surface area contributed by atoms with Crippen LogP contribution in [-0.4, -0.2) is 65.2 Å². The summed E-state index contributed by atoms with van der Waals surface area (Å²) in [5.74, 6) is -4.58. The number of hydrogen-bond donors (Lipinski definition) is 2. The number of benzene rings is 1. The van der Waals surface area contributed by atoms with E-state index in [0.29, 0.717) is 30.6 Å². The summed E-state index contributed by atoms with van der Waals surface area (Å²) in [4.78, 5) is 66.0. The highest BCUT2D eigenvalue weighted by atomic mass is 79.9. The van der Waals surface area contributed by atoms with Crippen LogP contribution >= 0.6 is 15.9 Å². The number of fused-ring (bicyclic) bond motifs is 3. The second-order valence-electron chi connectivity index (χ2n) is 10.7. The number of carboxylic acids is 1. The summed E-state index contributed by atoms with van der Waals surface area (Å²) in [5, 5.41) is 20.0. The Morgan fingerprint density at radius 1 is 1.05 bits per heavy atom. The van der Waals surface area contributed by atoms with Crippen molar-refractivity contribution in [2.24, 2.45) is 17.8 Å². The first-order valence-electron chi connectivity index (χ1n) is 13.5. The van der Waals surface area contributed by atoms with E-state index in [1.807, 2.05) is 6.08 Å². The van der Waals surface area contributed by atoms with E-state index >= 15 is 0 Å². The molecule has 3 aliphatic carbocycles. The van der Waals surface area contributed by atoms with Crippen molar-refractivity contribution in [3.8, 4) is 17.2 Å². The number of carbonyl (C=O) groups excluding carboxylic acids is 4. The molecule has 216 valence electrons. The number of methoxy groups -OCH3 is 2. The maximum absolute atomic E-state index is 13.8. The Morgan fingerprint density at radius 2 is 1.80 bits per heavy atom. The highest BCUT2D eigenvalue weighted by Crippen LogP contribution is 2.58. The third-order valence-electron chi connectivity index (χ3n) is 8.53. The van der Waals surface area contributed by atoms with Crippen molar-refractivity contribution >= 4 is 45.3 Å². The number of ketones is 2. The molecule has 4 aliphatic rings. The maximum atomic E-state index is 13.8. The summed E-state index contributed by atoms with van der Waals surface area (Å²) in [6, 6.07) is 2.99. The van der Waals surface area contributed by atoms with Crippen molar-refractivity contribution < 1.29 is 43.7 Å². The minimum absolute atomic E-state index is 0.0275. The molecule has 41 heavy (non-hydrogen) atoms. The summed E-state index contributed by atoms with van der Waals surface area (Å²) < 4.78 is 11.0. The van der Waals surface area contributed by atoms with Crippen LogP contribution in [0.4, 0.5) is 0 Å². The van der Waals surface area contributed by atoms with Crippen LogP contribution in [0, 0.1) is 17.8 Å². The normalized spacial score (nSPS) is 25.4. The fraction of sp³-hybridized carbons (Fsp3) is 0.433. The summed E-state index contributed by atoms with van der Waals surface area (Å²) >= 11 is 3.20. The minimum atomic E-state index is -0.889. The van der Waals surface area contributed by atoms with E-state index in [1.54, 1.807) is 6.07 Å². The molecule has 1 saturated heterocycles. The molecule has 0 spiro atoms. The lowest BCUT2D eigenvalue weighted by molar-refractivity contribution is -0.141. The molecule has 2 amide bonds. The number of carboxylic acid groups (broad SMARTS) is 1. The lowest BCUT2D eigenvalue weighted by atomic mass is 9.59. The fourth-order valence-corrected chi connectivity index (χ4v) is 7.16. The average Bonchev–Trinajstić information content (AvgIpc) is 3.19. The molecule has 10 nitrogen and oxygen atoms in total. The predicted molar refractivity (Wildman–Crippen MR) is 149 cm³/mol. The Morgan fingerprint density at radius 3 is 2.49 bits per heavy atom. The molecular formula is C30H30BrNO9. The van der Waals surface area contributed by atoms with Gasteiger partial charge in [0.2, 0.25) is 11.8 Å². The number of Topliss-reactive ketones (excluding diaryl/α,β-unsaturated/α-hetero) is 1. The Bertz CT molecular complexity index is 1460. The van der Waals surface area contributed by atoms with Gasteiger partial charge >= 0.3 is 5.97 Å². The Kier molecular flexibility index (Phi) is 7.91. The van der Waals surface area contributed by atoms with Gasteiger partial charge in [0.15, 0.2) is 11.6 Å². The lowest BCUT2D eigenvalue weighted by Gasteiger charge is -2.42. The van der Waals surface area contributed by atoms with E-state index in [-0.39, 0.29) is 81.9 Å². The van der Waals surface area contributed by atoms with Crippen LogP contribution in [0.15, 0.2) is 45.5 Å². The van der Waals surface area contributed by atoms with Crippen molar-refractivity contribution in [2.45, 2.75) is 44.4 Å². The van der Waals surface area contributed by atoms with E-state index < -0.39 is 29.6 Å². The van der Waals surface area contributed by atoms with Crippen molar-refractivity contribution in [1.82, 2.24) is 4.90 Å². The number of carbonyl (C=O) groups is 5. The third kappa shape index (κ3) is 4.90. The first-order chi connectivity index (χ1) is 19.6. The quantitative estimate of drug-likeness (QED) is 0.180. The highest BCUT2D eigenvalue weighted by molar-refractivity contribution is 9.12. The summed E-state index contributed by atoms with van der Waals surface area (Å²) in [7, 11) is 2.87. The van der Waals surface area contributed by atoms with Gasteiger partial charge in [0, 0.05) is 53.8 Å². The van der Waals surface area contributed by atoms with Gasteiger partial charge in [-0.25, -0.2) is 0 Å². The molecule has 1 aromatic rings. The summed E-state index contributed by atoms with van der Waals surface area (Å²) in [5.41, 5.74) is 1.46. The first-order valence-corrected chi connectivity index (χ1v) is 14.3. The van der Waals surface area contributed by atoms with E-state index in [4.69, 9.17) is 14.6 Å². The Hall–Kier alpha value is -3.73. The van der Waals surface area contributed by atoms with Gasteiger partial charge in [0.25, 0.3) is 0 Å². The minimum Gasteiger partial charge on any atom is -0.507 e. The molecule has 5 rings (SSSR count). The van der Waals surface area contributed by atoms with Gasteiger partial charge in [-0.1, -0.05) is 18.1 Å². The number of halogens is 1. The first kappa shape index (κ1) is 28.8. The molecule has 0 bridgehead atoms. The topological polar surface area (TPSA) is 148 Å². The van der Waals surface area contributed by atoms with Crippen LogP contribution in [0.2, 0.25) is 0 Å². The molecule has 0 unspecified atom stereocenters. The zero-order valence-electron chi connectivity index (χ0n) is 22.6. The second-order valence-corrected chi connectivity index (χ2v) is 11.5. The molecule has 4 atom stereocenters. The molecule has 1 aliphatic heterocycles. The van der Waals surface area contributed by atoms with Crippen molar-refractivity contribution in [3.63, 3.8) is 0 Å². The number of unbranched alkanes of at least 4 members (excludes halogenated alkanes) is 2. The van der Waals surface area contributed by atoms with E-state index in [9.17, 15) is 29.1 Å². The highest BCUT2D eigenvalue weighted by Gasteiger charge is 2.56. The smallest absolute Gasteiger partial charge is 0.303 e. The van der Waals surface area contributed by atoms with Crippen LogP contribution in [0.25, 0.3) is 0 Å². The zero-order chi connectivity index (χ0) is 29.6. The number of amides is 2. The number of nitrogens with zero attached hydrogens (tertiary/aromatic N) is 1. The number of likely N-dealkylation sites (tertiary alicyclic amines) is 1. The number of phenols is 1. The number of hydrogen-bond acceptors (Lipinski definition) is 8. The third-order valence-corrected chi connectivity index (χ3v) is 9.12. The number of allylic oxidation sites excluding steroid dienone is 6. The number of rotatable bonds is 9. The molecule has 11 heteroatoms. The Labute approximate surface area is 244 Å². The van der Waals surface area contributed by atoms with Gasteiger partial charge in [-0.3, -0.25) is 28.9 Å². The Balaban J connectivity index is 1.55. The summed E-state index contributed by atoms with van der Waals surface area (Å²) in [6.45, 7) is 0.197. The summed E-state index contributed by atoms with van der Waals surface area (Å²) in [6.07, 6.45) is 5.02. The molecule has 2 N–H and O–H groups in total. The van der Waals surface area contributed by atoms with E-state index in [2.05, 4.69) is 15.9 Å². The molecule has 0 radical (unpaired) electrons. The number of phenolic OH excluding ortho intramolecular Hbond substituents is 1. The van der Waals surface area contributed by atoms with Gasteiger partial charge in [0.1, 0.15) is 17.2 Å². The second kappa shape index (κ2) is 11.3. The van der Waals surface area contributed by atoms with Gasteiger partial charge in [0.05, 0.1) is 30.5 Å². The van der Waals surface area contributed by atoms with Crippen molar-refractivity contribution in [1.29, 1.82) is 0 Å². The monoisotopic (exact) mass is 627 g/mol. The van der Waals surface area contributed by atoms with Gasteiger partial charge < -0.3 is 19.7 Å². The molecule has 1 heterocycles. The van der Waals surface area contributed by atoms with Gasteiger partial charge in [-0.05, 0) is 47.5 Å². The van der Waals surface area contributed by atoms with Gasteiger partial charge in [-0.15, -0.1) is 0 Å². The predicted octanol–water partition coefficient (Wildman–Crippen LogP) is 3.82. The lowest BCUT2D eigenvalue weighted by Crippen LogP contribution is -2.39. The van der Waals surface area contributed by atoms with E-state index in [1.165, 1.54) is 31.3 Å². The maximum Gasteiger partial charge on any atom is 0.303 e. The molecule has 1 aromatic carbocycles. The average molecular weight is 628 g/mol. The standard InChI is InChI=1S/C30H30BrNO9/c1-40-14-10-20(33)27(22(11-14)41-2)26-15-7-8-16-24(17(15)12-18-25(26)21(34)13-19(31)28(18)37)30(39)32(29(16)38)9-5-3-4-6-23(35)36/h7,10-11,13,16-17,24,26,33H,3-6,8-9,12H2,1-2H3,(H,35,36)/t16-,17+,24-,26-/m0/s1. The van der Waals surface area contributed by atoms with Crippen LogP contribution in [0.5, 0.6) is 17.2 Å². The number of imide groups is 1. The van der Waals surface area contributed by atoms with Crippen LogP contribution < -0.4 is 9.47 Å². The van der Waals surface area contributed by atoms with E-state index in [0.717, 1.165) is 0 Å². The van der Waals surface area contributed by atoms with Crippen LogP contribution in [0.1, 0.15) is 50.0 Å². The van der Waals surface area contributed by atoms with Crippen LogP contribution in [-0.2, 0) is 24.0 Å². The molecule has 1 fully saturated rings. The number of ether oxygens (including phenoxy) is 2. The van der Waals surface area contributed by atoms with Crippen molar-refractivity contribution in [2.75, 3.05) is 20.8 Å². The molecular weight excluding hydrogens is 598 g/mol. The van der Waals surface area contributed by atoms with Crippen molar-refractivity contribution in [3.05, 3.63) is 51.0 Å². The SMILES string of the molecule is COc1cc(O)c([C@H]2C3=CC[C@@H]4C(=O)N(CCCCCC(=O)O)C(=O)[C@@H]4[C@@H]3CC3=C2C(=O)C=C(Br)C3=O)c(OC)c1. The largest absolute Gasteiger partial charge is 0.507 e. The molecule has 0 aromatic heterocycles. The zero-order valence-corrected chi connectivity index (χ0v) is 24.2. The number of aliphatic carboxylic acids is 1. The fourth-order valence-electron chi connectivity index (χ4n) is 6.71. The number of aromatic hydroxyl groups is 1. The van der Waals surface area contributed by atoms with Crippen LogP contribution in [0.3, 0.4) is 0 Å². The van der Waals surface area contributed by atoms with Gasteiger partial charge in [-0.2, -0.15) is 0 Å².